The van der Waals surface area contributed by atoms with Gasteiger partial charge < -0.3 is 24.5 Å². The Bertz CT molecular complexity index is 6830. The van der Waals surface area contributed by atoms with Crippen LogP contribution in [-0.4, -0.2) is 41.2 Å². The Morgan fingerprint density at radius 2 is 0.650 bits per heavy atom. The average molecular weight is 2370 g/mol. The molecule has 7 nitrogen and oxygen atoms in total. The SMILES string of the molecule is CC(C)P(c1cc[c-]c(-c2nccc3cc4ccccc4cc23)c1)C(C)C.O=P(c1ccccc1)(c1ccccc1)c1cc[c-]c(-c2nccc3ccncc23)c1.[Ir].[Ir].[Ir].[Ir].[c-]1ccc(P(c2ccccc2)c2ccccc2)cc1-c1cc2ccc3ccccc3c2cn1.[c-]1ccc(P(c2ccccc2)c2ccccc2)cc1-c1nccc2cnccc12. The maximum absolute atomic E-state index is 14.6. The van der Waals surface area contributed by atoms with Crippen LogP contribution < -0.4 is 53.0 Å². The fourth-order valence-corrected chi connectivity index (χ4v) is 25.9. The summed E-state index contributed by atoms with van der Waals surface area (Å²) in [5, 5.41) is 25.8. The molecule has 0 unspecified atom stereocenters. The zero-order chi connectivity index (χ0) is 80.9. The molecule has 0 aliphatic rings. The zero-order valence-corrected chi connectivity index (χ0v) is 80.8. The number of hydrogen-bond donors (Lipinski definition) is 0. The van der Waals surface area contributed by atoms with Crippen molar-refractivity contribution in [1.82, 2.24) is 29.9 Å². The molecule has 610 valence electrons. The van der Waals surface area contributed by atoms with Crippen molar-refractivity contribution in [3.8, 4) is 45.0 Å². The summed E-state index contributed by atoms with van der Waals surface area (Å²) in [6.07, 6.45) is 14.8. The number of hydrogen-bond acceptors (Lipinski definition) is 7. The van der Waals surface area contributed by atoms with E-state index in [-0.39, 0.29) is 88.3 Å². The van der Waals surface area contributed by atoms with E-state index in [2.05, 4.69) is 321 Å². The number of rotatable bonds is 16. The first-order valence-corrected chi connectivity index (χ1v) is 45.8. The van der Waals surface area contributed by atoms with E-state index in [1.807, 2.05) is 152 Å². The minimum Gasteiger partial charge on any atom is -0.310 e. The summed E-state index contributed by atoms with van der Waals surface area (Å²) in [5.74, 6) is 0. The normalized spacial score (nSPS) is 11.1. The van der Waals surface area contributed by atoms with Gasteiger partial charge in [-0.1, -0.05) is 306 Å². The van der Waals surface area contributed by atoms with Crippen LogP contribution in [0.5, 0.6) is 0 Å². The molecule has 14 aromatic carbocycles. The number of benzene rings is 14. The standard InChI is InChI=1S/C31H21NP.C26H18N2OP.C26H18N2P.C25H25NP.4Ir/c1-3-12-26(13-4-1)33(27-14-5-2-6-15-27)28-16-9-11-25(20-28)31-21-24-19-18-23-10-7-8-17-29(23)30(24)22-32-31;29-30(22-9-3-1-4-10-22,23-11-5-2-6-12-23)24-13-7-8-21(18-24)26-25-19-27-16-14-20(25)15-17-28-26;1-3-9-22(10-4-1)29(23-11-5-2-6-12-23)24-13-7-8-20(18-24)26-25-15-16-27-19-21(25)14-17-28-26;1-17(2)27(18(3)4)23-11-7-10-22(15-23)25-24-16-20-9-6-5-8-19(20)14-21(24)12-13-26-25;;;;/h1-10,12-22H;1-7,9-19H;1-7,9-19H;5-9,11-18H,1-4H3;;;;/q4*-1;;;;. The number of fused-ring (bicyclic) bond motifs is 7. The molecule has 0 N–H and O–H groups in total. The van der Waals surface area contributed by atoms with Crippen molar-refractivity contribution >= 4 is 149 Å². The van der Waals surface area contributed by atoms with E-state index in [9.17, 15) is 4.57 Å². The predicted molar refractivity (Wildman–Crippen MR) is 508 cm³/mol. The molecule has 0 aliphatic heterocycles. The predicted octanol–water partition coefficient (Wildman–Crippen LogP) is 23.0. The van der Waals surface area contributed by atoms with Crippen molar-refractivity contribution in [2.24, 2.45) is 0 Å². The van der Waals surface area contributed by atoms with Crippen LogP contribution in [0.2, 0.25) is 0 Å². The summed E-state index contributed by atoms with van der Waals surface area (Å²) in [6.45, 7) is 9.35. The van der Waals surface area contributed by atoms with Gasteiger partial charge in [-0.05, 0) is 167 Å². The van der Waals surface area contributed by atoms with Crippen LogP contribution in [0, 0.1) is 24.3 Å². The van der Waals surface area contributed by atoms with E-state index < -0.39 is 23.0 Å². The maximum Gasteiger partial charge on any atom is 0.153 e. The molecule has 0 saturated heterocycles. The van der Waals surface area contributed by atoms with E-state index in [1.165, 1.54) is 80.2 Å². The van der Waals surface area contributed by atoms with Crippen molar-refractivity contribution in [3.05, 3.63) is 438 Å². The summed E-state index contributed by atoms with van der Waals surface area (Å²) in [7, 11) is -4.56. The van der Waals surface area contributed by atoms with Crippen LogP contribution in [0.3, 0.4) is 0 Å². The van der Waals surface area contributed by atoms with Gasteiger partial charge in [0.15, 0.2) is 7.14 Å². The van der Waals surface area contributed by atoms with Crippen molar-refractivity contribution in [3.63, 3.8) is 0 Å². The third kappa shape index (κ3) is 20.5. The third-order valence-corrected chi connectivity index (χ3v) is 32.2. The molecule has 6 aromatic heterocycles. The molecule has 0 bridgehead atoms. The second kappa shape index (κ2) is 42.8. The molecular weight excluding hydrogens is 2290 g/mol. The first-order chi connectivity index (χ1) is 58.6. The molecule has 0 atom stereocenters. The Morgan fingerprint density at radius 3 is 1.20 bits per heavy atom. The summed E-state index contributed by atoms with van der Waals surface area (Å²) in [4.78, 5) is 27.3. The van der Waals surface area contributed by atoms with E-state index in [1.54, 1.807) is 12.4 Å². The zero-order valence-electron chi connectivity index (χ0n) is 67.6. The molecule has 123 heavy (non-hydrogen) atoms. The molecule has 0 aliphatic carbocycles. The maximum atomic E-state index is 14.6. The van der Waals surface area contributed by atoms with Gasteiger partial charge in [0.1, 0.15) is 0 Å². The molecule has 0 fully saturated rings. The van der Waals surface area contributed by atoms with Crippen molar-refractivity contribution in [2.75, 3.05) is 0 Å². The van der Waals surface area contributed by atoms with Crippen LogP contribution in [0.4, 0.5) is 0 Å². The summed E-state index contributed by atoms with van der Waals surface area (Å²) >= 11 is 0. The largest absolute Gasteiger partial charge is 0.310 e. The van der Waals surface area contributed by atoms with Crippen LogP contribution in [-0.2, 0) is 85.0 Å². The molecule has 0 spiro atoms. The van der Waals surface area contributed by atoms with Crippen molar-refractivity contribution < 1.29 is 85.0 Å². The van der Waals surface area contributed by atoms with E-state index in [0.717, 1.165) is 82.5 Å². The Kier molecular flexibility index (Phi) is 31.5. The number of pyridine rings is 6. The second-order valence-corrected chi connectivity index (χ2v) is 40.0. The quantitative estimate of drug-likeness (QED) is 0.0412. The van der Waals surface area contributed by atoms with Gasteiger partial charge in [0.25, 0.3) is 0 Å². The average Bonchev–Trinajstić information content (AvgIpc) is 0.730. The fraction of sp³-hybridized carbons (Fsp3) is 0.0556. The van der Waals surface area contributed by atoms with Crippen LogP contribution in [0.15, 0.2) is 414 Å². The Labute approximate surface area is 777 Å². The van der Waals surface area contributed by atoms with Gasteiger partial charge in [-0.3, -0.25) is 9.97 Å². The van der Waals surface area contributed by atoms with Gasteiger partial charge in [0, 0.05) is 146 Å². The monoisotopic (exact) mass is 2370 g/mol. The molecule has 20 rings (SSSR count). The smallest absolute Gasteiger partial charge is 0.153 e. The van der Waals surface area contributed by atoms with Gasteiger partial charge in [0.05, 0.1) is 0 Å². The fourth-order valence-electron chi connectivity index (χ4n) is 15.7. The Hall–Kier alpha value is -10.3. The molecule has 20 aromatic rings. The molecule has 4 radical (unpaired) electrons. The first-order valence-electron chi connectivity index (χ1n) is 39.9. The minimum absolute atomic E-state index is 0. The van der Waals surface area contributed by atoms with Gasteiger partial charge in [-0.25, -0.2) is 0 Å². The van der Waals surface area contributed by atoms with Gasteiger partial charge in [0.2, 0.25) is 0 Å². The molecular formula is C108H82Ir4N6OP4-4. The van der Waals surface area contributed by atoms with Crippen LogP contribution >= 0.6 is 30.9 Å². The third-order valence-electron chi connectivity index (χ3n) is 21.2. The Balaban J connectivity index is 0.000000140. The first kappa shape index (κ1) is 90.4. The second-order valence-electron chi connectivity index (χ2n) is 29.4. The summed E-state index contributed by atoms with van der Waals surface area (Å²) in [6, 6.07) is 139. The van der Waals surface area contributed by atoms with E-state index in [0.29, 0.717) is 11.3 Å². The van der Waals surface area contributed by atoms with Crippen molar-refractivity contribution in [1.29, 1.82) is 0 Å². The molecule has 0 amide bonds. The van der Waals surface area contributed by atoms with E-state index in [4.69, 9.17) is 9.97 Å². The summed E-state index contributed by atoms with van der Waals surface area (Å²) < 4.78 is 14.6. The van der Waals surface area contributed by atoms with Crippen LogP contribution in [0.25, 0.3) is 110 Å². The van der Waals surface area contributed by atoms with Crippen LogP contribution in [0.1, 0.15) is 27.7 Å². The van der Waals surface area contributed by atoms with Gasteiger partial charge in [-0.15, -0.1) is 125 Å². The molecule has 0 saturated carbocycles. The van der Waals surface area contributed by atoms with E-state index >= 15 is 0 Å². The summed E-state index contributed by atoms with van der Waals surface area (Å²) in [5.41, 5.74) is 9.00. The Morgan fingerprint density at radius 1 is 0.260 bits per heavy atom. The number of aromatic nitrogens is 6. The molecule has 15 heteroatoms. The van der Waals surface area contributed by atoms with Gasteiger partial charge in [-0.2, -0.15) is 0 Å². The minimum atomic E-state index is -3.05. The molecule has 6 heterocycles. The van der Waals surface area contributed by atoms with Crippen molar-refractivity contribution in [2.45, 2.75) is 39.0 Å². The topological polar surface area (TPSA) is 94.4 Å². The van der Waals surface area contributed by atoms with Gasteiger partial charge >= 0.3 is 0 Å². The number of nitrogens with zero attached hydrogens (tertiary/aromatic N) is 6.